The average Bonchev–Trinajstić information content (AvgIpc) is 3.01. The van der Waals surface area contributed by atoms with Crippen molar-refractivity contribution in [3.63, 3.8) is 0 Å². The molecule has 1 aromatic carbocycles. The lowest BCUT2D eigenvalue weighted by Gasteiger charge is -2.05. The Morgan fingerprint density at radius 2 is 2.00 bits per heavy atom. The van der Waals surface area contributed by atoms with E-state index in [2.05, 4.69) is 23.2 Å². The van der Waals surface area contributed by atoms with Crippen molar-refractivity contribution in [3.8, 4) is 0 Å². The molecule has 1 heterocycles. The molecule has 2 heteroatoms. The van der Waals surface area contributed by atoms with Crippen LogP contribution in [0.2, 0.25) is 5.15 Å². The van der Waals surface area contributed by atoms with Gasteiger partial charge in [-0.05, 0) is 35.8 Å². The van der Waals surface area contributed by atoms with Crippen LogP contribution in [0, 0.1) is 0 Å². The monoisotopic (exact) mass is 203 g/mol. The van der Waals surface area contributed by atoms with Crippen molar-refractivity contribution in [2.45, 2.75) is 18.8 Å². The maximum Gasteiger partial charge on any atom is 0.136 e. The molecule has 0 spiro atoms. The second kappa shape index (κ2) is 2.96. The van der Waals surface area contributed by atoms with Crippen molar-refractivity contribution >= 4 is 22.4 Å². The first-order valence-corrected chi connectivity index (χ1v) is 5.27. The van der Waals surface area contributed by atoms with Gasteiger partial charge in [0.2, 0.25) is 0 Å². The minimum absolute atomic E-state index is 0.616. The van der Waals surface area contributed by atoms with Gasteiger partial charge in [-0.2, -0.15) is 0 Å². The Kier molecular flexibility index (Phi) is 1.74. The highest BCUT2D eigenvalue weighted by molar-refractivity contribution is 6.34. The van der Waals surface area contributed by atoms with E-state index in [1.165, 1.54) is 23.8 Å². The standard InChI is InChI=1S/C12H10ClN/c13-12-11-3-1-2-9(8-4-5-8)10(11)6-7-14-12/h1-3,6-8H,4-5H2. The molecule has 0 N–H and O–H groups in total. The first kappa shape index (κ1) is 8.25. The Bertz CT molecular complexity index is 489. The first-order chi connectivity index (χ1) is 6.86. The van der Waals surface area contributed by atoms with E-state index in [1.807, 2.05) is 6.07 Å². The van der Waals surface area contributed by atoms with Gasteiger partial charge in [-0.3, -0.25) is 0 Å². The molecule has 1 nitrogen and oxygen atoms in total. The maximum absolute atomic E-state index is 6.04. The van der Waals surface area contributed by atoms with E-state index in [-0.39, 0.29) is 0 Å². The number of benzene rings is 1. The lowest BCUT2D eigenvalue weighted by molar-refractivity contribution is 1.15. The van der Waals surface area contributed by atoms with Crippen LogP contribution in [-0.4, -0.2) is 4.98 Å². The fourth-order valence-corrected chi connectivity index (χ4v) is 2.17. The normalized spacial score (nSPS) is 16.1. The van der Waals surface area contributed by atoms with Crippen LogP contribution in [-0.2, 0) is 0 Å². The van der Waals surface area contributed by atoms with Crippen LogP contribution in [0.1, 0.15) is 24.3 Å². The Balaban J connectivity index is 2.35. The van der Waals surface area contributed by atoms with E-state index in [0.29, 0.717) is 5.15 Å². The molecule has 0 amide bonds. The molecular formula is C12H10ClN. The number of rotatable bonds is 1. The number of aromatic nitrogens is 1. The number of hydrogen-bond donors (Lipinski definition) is 0. The zero-order valence-corrected chi connectivity index (χ0v) is 8.46. The average molecular weight is 204 g/mol. The summed E-state index contributed by atoms with van der Waals surface area (Å²) in [6, 6.07) is 8.38. The number of pyridine rings is 1. The fraction of sp³-hybridized carbons (Fsp3) is 0.250. The smallest absolute Gasteiger partial charge is 0.136 e. The van der Waals surface area contributed by atoms with Crippen LogP contribution >= 0.6 is 11.6 Å². The minimum Gasteiger partial charge on any atom is -0.244 e. The number of nitrogens with zero attached hydrogens (tertiary/aromatic N) is 1. The summed E-state index contributed by atoms with van der Waals surface area (Å²) in [6.45, 7) is 0. The van der Waals surface area contributed by atoms with Gasteiger partial charge >= 0.3 is 0 Å². The fourth-order valence-electron chi connectivity index (χ4n) is 1.95. The Morgan fingerprint density at radius 3 is 2.79 bits per heavy atom. The molecule has 70 valence electrons. The van der Waals surface area contributed by atoms with Crippen molar-refractivity contribution in [1.82, 2.24) is 4.98 Å². The minimum atomic E-state index is 0.616. The SMILES string of the molecule is Clc1nccc2c(C3CC3)cccc12. The van der Waals surface area contributed by atoms with Gasteiger partial charge in [0.1, 0.15) is 5.15 Å². The van der Waals surface area contributed by atoms with E-state index < -0.39 is 0 Å². The van der Waals surface area contributed by atoms with Crippen LogP contribution in [0.15, 0.2) is 30.5 Å². The van der Waals surface area contributed by atoms with Gasteiger partial charge in [0.15, 0.2) is 0 Å². The highest BCUT2D eigenvalue weighted by Crippen LogP contribution is 2.43. The molecule has 1 aliphatic rings. The second-order valence-electron chi connectivity index (χ2n) is 3.82. The van der Waals surface area contributed by atoms with Gasteiger partial charge in [-0.15, -0.1) is 0 Å². The molecule has 14 heavy (non-hydrogen) atoms. The van der Waals surface area contributed by atoms with E-state index in [1.54, 1.807) is 6.20 Å². The zero-order valence-electron chi connectivity index (χ0n) is 7.70. The Hall–Kier alpha value is -1.08. The zero-order chi connectivity index (χ0) is 9.54. The summed E-state index contributed by atoms with van der Waals surface area (Å²) in [5, 5.41) is 2.97. The molecule has 0 atom stereocenters. The topological polar surface area (TPSA) is 12.9 Å². The van der Waals surface area contributed by atoms with Gasteiger partial charge in [-0.1, -0.05) is 29.8 Å². The first-order valence-electron chi connectivity index (χ1n) is 4.89. The molecule has 0 aliphatic heterocycles. The third kappa shape index (κ3) is 1.20. The number of fused-ring (bicyclic) bond motifs is 1. The lowest BCUT2D eigenvalue weighted by atomic mass is 10.0. The third-order valence-electron chi connectivity index (χ3n) is 2.81. The van der Waals surface area contributed by atoms with Crippen LogP contribution in [0.4, 0.5) is 0 Å². The molecule has 1 aromatic heterocycles. The highest BCUT2D eigenvalue weighted by atomic mass is 35.5. The van der Waals surface area contributed by atoms with E-state index in [9.17, 15) is 0 Å². The van der Waals surface area contributed by atoms with Crippen molar-refractivity contribution in [3.05, 3.63) is 41.2 Å². The summed E-state index contributed by atoms with van der Waals surface area (Å²) >= 11 is 6.04. The van der Waals surface area contributed by atoms with Crippen molar-refractivity contribution in [1.29, 1.82) is 0 Å². The second-order valence-corrected chi connectivity index (χ2v) is 4.18. The van der Waals surface area contributed by atoms with Gasteiger partial charge < -0.3 is 0 Å². The Morgan fingerprint density at radius 1 is 1.14 bits per heavy atom. The summed E-state index contributed by atoms with van der Waals surface area (Å²) in [4.78, 5) is 4.09. The van der Waals surface area contributed by atoms with Gasteiger partial charge in [-0.25, -0.2) is 4.98 Å². The quantitative estimate of drug-likeness (QED) is 0.643. The number of hydrogen-bond acceptors (Lipinski definition) is 1. The largest absolute Gasteiger partial charge is 0.244 e. The summed E-state index contributed by atoms with van der Waals surface area (Å²) in [5.41, 5.74) is 1.44. The maximum atomic E-state index is 6.04. The summed E-state index contributed by atoms with van der Waals surface area (Å²) in [6.07, 6.45) is 4.43. The summed E-state index contributed by atoms with van der Waals surface area (Å²) in [5.74, 6) is 0.761. The summed E-state index contributed by atoms with van der Waals surface area (Å²) < 4.78 is 0. The van der Waals surface area contributed by atoms with Crippen LogP contribution in [0.5, 0.6) is 0 Å². The predicted molar refractivity (Wildman–Crippen MR) is 58.7 cm³/mol. The molecule has 0 unspecified atom stereocenters. The third-order valence-corrected chi connectivity index (χ3v) is 3.11. The van der Waals surface area contributed by atoms with E-state index in [4.69, 9.17) is 11.6 Å². The number of halogens is 1. The van der Waals surface area contributed by atoms with Crippen molar-refractivity contribution in [2.75, 3.05) is 0 Å². The van der Waals surface area contributed by atoms with E-state index in [0.717, 1.165) is 11.3 Å². The Labute approximate surface area is 87.7 Å². The molecule has 0 bridgehead atoms. The molecule has 0 radical (unpaired) electrons. The summed E-state index contributed by atoms with van der Waals surface area (Å²) in [7, 11) is 0. The molecule has 3 rings (SSSR count). The van der Waals surface area contributed by atoms with Crippen molar-refractivity contribution < 1.29 is 0 Å². The molecule has 2 aromatic rings. The van der Waals surface area contributed by atoms with Crippen LogP contribution in [0.25, 0.3) is 10.8 Å². The molecule has 1 saturated carbocycles. The van der Waals surface area contributed by atoms with Crippen LogP contribution < -0.4 is 0 Å². The molecule has 1 fully saturated rings. The van der Waals surface area contributed by atoms with Crippen LogP contribution in [0.3, 0.4) is 0 Å². The highest BCUT2D eigenvalue weighted by Gasteiger charge is 2.25. The molecule has 0 saturated heterocycles. The predicted octanol–water partition coefficient (Wildman–Crippen LogP) is 3.77. The van der Waals surface area contributed by atoms with Crippen molar-refractivity contribution in [2.24, 2.45) is 0 Å². The van der Waals surface area contributed by atoms with E-state index >= 15 is 0 Å². The molecule has 1 aliphatic carbocycles. The van der Waals surface area contributed by atoms with Gasteiger partial charge in [0, 0.05) is 11.6 Å². The lowest BCUT2D eigenvalue weighted by Crippen LogP contribution is -1.85. The van der Waals surface area contributed by atoms with Gasteiger partial charge in [0.25, 0.3) is 0 Å². The van der Waals surface area contributed by atoms with Gasteiger partial charge in [0.05, 0.1) is 0 Å². The molecular weight excluding hydrogens is 194 g/mol.